The number of rotatable bonds is 8. The standard InChI is InChI=1S/C15H22N4O/c1-13(2)19-15(17-12-18-19)11-16-9-6-10-20-14-7-4-3-5-8-14/h3-5,7-8,12-13,16H,6,9-11H2,1-2H3. The van der Waals surface area contributed by atoms with Crippen molar-refractivity contribution in [3.63, 3.8) is 0 Å². The first-order chi connectivity index (χ1) is 9.77. The lowest BCUT2D eigenvalue weighted by molar-refractivity contribution is 0.307. The first-order valence-electron chi connectivity index (χ1n) is 7.04. The number of hydrogen-bond acceptors (Lipinski definition) is 4. The average molecular weight is 274 g/mol. The Labute approximate surface area is 120 Å². The van der Waals surface area contributed by atoms with Gasteiger partial charge in [0.15, 0.2) is 0 Å². The highest BCUT2D eigenvalue weighted by molar-refractivity contribution is 5.20. The fraction of sp³-hybridized carbons (Fsp3) is 0.467. The molecule has 0 bridgehead atoms. The summed E-state index contributed by atoms with van der Waals surface area (Å²) >= 11 is 0. The van der Waals surface area contributed by atoms with E-state index in [-0.39, 0.29) is 0 Å². The highest BCUT2D eigenvalue weighted by atomic mass is 16.5. The van der Waals surface area contributed by atoms with Crippen molar-refractivity contribution >= 4 is 0 Å². The second-order valence-electron chi connectivity index (χ2n) is 4.91. The van der Waals surface area contributed by atoms with Crippen LogP contribution < -0.4 is 10.1 Å². The third-order valence-corrected chi connectivity index (χ3v) is 2.93. The Balaban J connectivity index is 1.61. The molecule has 5 nitrogen and oxygen atoms in total. The van der Waals surface area contributed by atoms with Gasteiger partial charge < -0.3 is 10.1 Å². The maximum Gasteiger partial charge on any atom is 0.141 e. The third kappa shape index (κ3) is 4.35. The van der Waals surface area contributed by atoms with E-state index >= 15 is 0 Å². The number of hydrogen-bond donors (Lipinski definition) is 1. The maximum atomic E-state index is 5.63. The van der Waals surface area contributed by atoms with Crippen LogP contribution in [0.3, 0.4) is 0 Å². The van der Waals surface area contributed by atoms with E-state index in [2.05, 4.69) is 29.2 Å². The topological polar surface area (TPSA) is 52.0 Å². The van der Waals surface area contributed by atoms with E-state index in [4.69, 9.17) is 4.74 Å². The van der Waals surface area contributed by atoms with Crippen molar-refractivity contribution in [2.45, 2.75) is 32.9 Å². The van der Waals surface area contributed by atoms with Crippen molar-refractivity contribution in [2.24, 2.45) is 0 Å². The molecule has 0 spiro atoms. The Bertz CT molecular complexity index is 496. The fourth-order valence-electron chi connectivity index (χ4n) is 1.94. The molecule has 1 aromatic carbocycles. The van der Waals surface area contributed by atoms with Gasteiger partial charge in [-0.1, -0.05) is 18.2 Å². The number of nitrogens with one attached hydrogen (secondary N) is 1. The molecule has 1 heterocycles. The van der Waals surface area contributed by atoms with Crippen LogP contribution in [-0.4, -0.2) is 27.9 Å². The summed E-state index contributed by atoms with van der Waals surface area (Å²) in [7, 11) is 0. The molecule has 0 aliphatic carbocycles. The third-order valence-electron chi connectivity index (χ3n) is 2.93. The summed E-state index contributed by atoms with van der Waals surface area (Å²) in [6.07, 6.45) is 2.57. The van der Waals surface area contributed by atoms with Crippen LogP contribution in [0.1, 0.15) is 32.1 Å². The van der Waals surface area contributed by atoms with Crippen molar-refractivity contribution in [2.75, 3.05) is 13.2 Å². The zero-order valence-electron chi connectivity index (χ0n) is 12.1. The number of aromatic nitrogens is 3. The largest absolute Gasteiger partial charge is 0.494 e. The van der Waals surface area contributed by atoms with Gasteiger partial charge in [-0.15, -0.1) is 0 Å². The summed E-state index contributed by atoms with van der Waals surface area (Å²) in [6, 6.07) is 10.2. The van der Waals surface area contributed by atoms with Crippen LogP contribution in [0.25, 0.3) is 0 Å². The molecular formula is C15H22N4O. The summed E-state index contributed by atoms with van der Waals surface area (Å²) in [5.74, 6) is 1.90. The molecule has 0 radical (unpaired) electrons. The monoisotopic (exact) mass is 274 g/mol. The van der Waals surface area contributed by atoms with E-state index in [1.807, 2.05) is 35.0 Å². The van der Waals surface area contributed by atoms with Gasteiger partial charge in [0.05, 0.1) is 13.2 Å². The lowest BCUT2D eigenvalue weighted by Gasteiger charge is -2.10. The van der Waals surface area contributed by atoms with Gasteiger partial charge in [0.1, 0.15) is 17.9 Å². The molecule has 108 valence electrons. The smallest absolute Gasteiger partial charge is 0.141 e. The minimum absolute atomic E-state index is 0.343. The lowest BCUT2D eigenvalue weighted by Crippen LogP contribution is -2.20. The summed E-state index contributed by atoms with van der Waals surface area (Å²) in [5.41, 5.74) is 0. The number of ether oxygens (including phenoxy) is 1. The van der Waals surface area contributed by atoms with Crippen LogP contribution in [0, 0.1) is 0 Å². The molecule has 0 atom stereocenters. The number of para-hydroxylation sites is 1. The summed E-state index contributed by atoms with van der Waals surface area (Å²) in [6.45, 7) is 6.56. The van der Waals surface area contributed by atoms with Gasteiger partial charge >= 0.3 is 0 Å². The quantitative estimate of drug-likeness (QED) is 0.751. The average Bonchev–Trinajstić information content (AvgIpc) is 2.92. The second-order valence-corrected chi connectivity index (χ2v) is 4.91. The molecular weight excluding hydrogens is 252 g/mol. The van der Waals surface area contributed by atoms with Gasteiger partial charge in [-0.2, -0.15) is 5.10 Å². The maximum absolute atomic E-state index is 5.63. The molecule has 2 rings (SSSR count). The Morgan fingerprint density at radius 2 is 2.05 bits per heavy atom. The van der Waals surface area contributed by atoms with Crippen molar-refractivity contribution in [3.8, 4) is 5.75 Å². The molecule has 0 aliphatic rings. The Hall–Kier alpha value is -1.88. The summed E-state index contributed by atoms with van der Waals surface area (Å²) in [5, 5.41) is 7.58. The van der Waals surface area contributed by atoms with Gasteiger partial charge in [0.2, 0.25) is 0 Å². The minimum atomic E-state index is 0.343. The van der Waals surface area contributed by atoms with E-state index in [1.165, 1.54) is 0 Å². The first-order valence-corrected chi connectivity index (χ1v) is 7.04. The van der Waals surface area contributed by atoms with Crippen LogP contribution in [0.5, 0.6) is 5.75 Å². The molecule has 2 aromatic rings. The Kier molecular flexibility index (Phi) is 5.55. The zero-order chi connectivity index (χ0) is 14.2. The molecule has 0 saturated heterocycles. The molecule has 0 aliphatic heterocycles. The van der Waals surface area contributed by atoms with Crippen LogP contribution in [-0.2, 0) is 6.54 Å². The lowest BCUT2D eigenvalue weighted by atomic mass is 10.3. The molecule has 20 heavy (non-hydrogen) atoms. The van der Waals surface area contributed by atoms with Gasteiger partial charge in [-0.3, -0.25) is 0 Å². The van der Waals surface area contributed by atoms with Crippen LogP contribution in [0.4, 0.5) is 0 Å². The van der Waals surface area contributed by atoms with Gasteiger partial charge in [-0.05, 0) is 38.9 Å². The van der Waals surface area contributed by atoms with Crippen molar-refractivity contribution in [3.05, 3.63) is 42.5 Å². The van der Waals surface area contributed by atoms with Crippen molar-refractivity contribution < 1.29 is 4.74 Å². The SMILES string of the molecule is CC(C)n1ncnc1CNCCCOc1ccccc1. The zero-order valence-corrected chi connectivity index (χ0v) is 12.1. The van der Waals surface area contributed by atoms with Crippen LogP contribution in [0.15, 0.2) is 36.7 Å². The molecule has 0 amide bonds. The molecule has 5 heteroatoms. The Morgan fingerprint density at radius 1 is 1.25 bits per heavy atom. The molecule has 0 saturated carbocycles. The number of benzene rings is 1. The van der Waals surface area contributed by atoms with E-state index < -0.39 is 0 Å². The van der Waals surface area contributed by atoms with E-state index in [9.17, 15) is 0 Å². The highest BCUT2D eigenvalue weighted by Crippen LogP contribution is 2.08. The second kappa shape index (κ2) is 7.65. The van der Waals surface area contributed by atoms with Gasteiger partial charge in [-0.25, -0.2) is 9.67 Å². The summed E-state index contributed by atoms with van der Waals surface area (Å²) in [4.78, 5) is 4.26. The molecule has 0 fully saturated rings. The normalized spacial score (nSPS) is 10.9. The predicted molar refractivity (Wildman–Crippen MR) is 78.7 cm³/mol. The van der Waals surface area contributed by atoms with E-state index in [1.54, 1.807) is 6.33 Å². The molecule has 1 aromatic heterocycles. The molecule has 0 unspecified atom stereocenters. The van der Waals surface area contributed by atoms with E-state index in [0.29, 0.717) is 12.6 Å². The summed E-state index contributed by atoms with van der Waals surface area (Å²) < 4.78 is 7.57. The fourth-order valence-corrected chi connectivity index (χ4v) is 1.94. The van der Waals surface area contributed by atoms with Gasteiger partial charge in [0.25, 0.3) is 0 Å². The van der Waals surface area contributed by atoms with Crippen molar-refractivity contribution in [1.82, 2.24) is 20.1 Å². The van der Waals surface area contributed by atoms with E-state index in [0.717, 1.165) is 31.1 Å². The van der Waals surface area contributed by atoms with Crippen molar-refractivity contribution in [1.29, 1.82) is 0 Å². The Morgan fingerprint density at radius 3 is 2.80 bits per heavy atom. The van der Waals surface area contributed by atoms with Crippen LogP contribution >= 0.6 is 0 Å². The molecule has 1 N–H and O–H groups in total. The first kappa shape index (κ1) is 14.5. The highest BCUT2D eigenvalue weighted by Gasteiger charge is 2.06. The number of nitrogens with zero attached hydrogens (tertiary/aromatic N) is 3. The van der Waals surface area contributed by atoms with Gasteiger partial charge in [0, 0.05) is 6.04 Å². The van der Waals surface area contributed by atoms with Crippen LogP contribution in [0.2, 0.25) is 0 Å². The minimum Gasteiger partial charge on any atom is -0.494 e. The predicted octanol–water partition coefficient (Wildman–Crippen LogP) is 2.42.